The molecule has 0 aliphatic carbocycles. The highest BCUT2D eigenvalue weighted by atomic mass is 35.5. The summed E-state index contributed by atoms with van der Waals surface area (Å²) < 4.78 is 10.4. The molecule has 2 heterocycles. The summed E-state index contributed by atoms with van der Waals surface area (Å²) in [4.78, 5) is 32.3. The highest BCUT2D eigenvalue weighted by Crippen LogP contribution is 2.24. The molecule has 7 nitrogen and oxygen atoms in total. The van der Waals surface area contributed by atoms with Crippen LogP contribution in [0.1, 0.15) is 45.2 Å². The number of methoxy groups -OCH3 is 1. The number of aromatic nitrogens is 1. The van der Waals surface area contributed by atoms with Gasteiger partial charge in [-0.1, -0.05) is 66.2 Å². The molecule has 42 heavy (non-hydrogen) atoms. The van der Waals surface area contributed by atoms with Crippen molar-refractivity contribution >= 4 is 46.5 Å². The molecule has 1 N–H and O–H groups in total. The van der Waals surface area contributed by atoms with Gasteiger partial charge < -0.3 is 14.8 Å². The maximum atomic E-state index is 13.2. The molecule has 1 aromatic heterocycles. The Labute approximate surface area is 251 Å². The number of nitrogens with one attached hydrogen (secondary N) is 1. The van der Waals surface area contributed by atoms with Crippen molar-refractivity contribution in [3.63, 3.8) is 0 Å². The minimum absolute atomic E-state index is 0.0388. The molecule has 0 saturated carbocycles. The quantitative estimate of drug-likeness (QED) is 0.232. The van der Waals surface area contributed by atoms with E-state index in [9.17, 15) is 9.59 Å². The highest BCUT2D eigenvalue weighted by Gasteiger charge is 2.20. The molecule has 1 aliphatic heterocycles. The van der Waals surface area contributed by atoms with Crippen LogP contribution in [0.3, 0.4) is 0 Å². The van der Waals surface area contributed by atoms with Crippen LogP contribution >= 0.6 is 11.6 Å². The van der Waals surface area contributed by atoms with Crippen LogP contribution in [0.25, 0.3) is 23.1 Å². The summed E-state index contributed by atoms with van der Waals surface area (Å²) in [5.41, 5.74) is 5.07. The summed E-state index contributed by atoms with van der Waals surface area (Å²) in [6.45, 7) is 3.05. The van der Waals surface area contributed by atoms with Gasteiger partial charge in [-0.25, -0.2) is 9.78 Å². The minimum Gasteiger partial charge on any atom is -0.465 e. The van der Waals surface area contributed by atoms with Gasteiger partial charge in [0.2, 0.25) is 5.91 Å². The Balaban J connectivity index is 1.36. The Hall–Kier alpha value is -4.04. The van der Waals surface area contributed by atoms with Gasteiger partial charge in [0.1, 0.15) is 0 Å². The van der Waals surface area contributed by atoms with Crippen molar-refractivity contribution in [3.05, 3.63) is 112 Å². The van der Waals surface area contributed by atoms with Gasteiger partial charge in [-0.05, 0) is 65.9 Å². The first-order valence-corrected chi connectivity index (χ1v) is 14.5. The molecule has 0 radical (unpaired) electrons. The van der Waals surface area contributed by atoms with Crippen LogP contribution in [0.5, 0.6) is 0 Å². The smallest absolute Gasteiger partial charge is 0.338 e. The molecule has 216 valence electrons. The van der Waals surface area contributed by atoms with Crippen LogP contribution < -0.4 is 5.32 Å². The van der Waals surface area contributed by atoms with Gasteiger partial charge in [0.05, 0.1) is 49.7 Å². The third kappa shape index (κ3) is 7.82. The molecule has 0 spiro atoms. The lowest BCUT2D eigenvalue weighted by Gasteiger charge is -2.27. The van der Waals surface area contributed by atoms with E-state index >= 15 is 0 Å². The van der Waals surface area contributed by atoms with Gasteiger partial charge in [0.15, 0.2) is 0 Å². The van der Waals surface area contributed by atoms with Crippen molar-refractivity contribution < 1.29 is 19.1 Å². The first-order chi connectivity index (χ1) is 20.5. The molecule has 3 aromatic carbocycles. The largest absolute Gasteiger partial charge is 0.465 e. The number of carbonyl (C=O) groups excluding carboxylic acids is 2. The van der Waals surface area contributed by atoms with Crippen LogP contribution in [0.4, 0.5) is 0 Å². The number of carbonyl (C=O) groups is 2. The third-order valence-corrected chi connectivity index (χ3v) is 7.60. The summed E-state index contributed by atoms with van der Waals surface area (Å²) in [5, 5.41) is 4.94. The molecule has 1 fully saturated rings. The topological polar surface area (TPSA) is 80.8 Å². The third-order valence-electron chi connectivity index (χ3n) is 7.37. The van der Waals surface area contributed by atoms with Gasteiger partial charge >= 0.3 is 5.97 Å². The molecule has 4 aromatic rings. The lowest BCUT2D eigenvalue weighted by atomic mass is 9.95. The molecule has 5 rings (SSSR count). The average Bonchev–Trinajstić information content (AvgIpc) is 3.02. The van der Waals surface area contributed by atoms with E-state index in [0.717, 1.165) is 46.4 Å². The van der Waals surface area contributed by atoms with Crippen molar-refractivity contribution in [1.82, 2.24) is 15.2 Å². The van der Waals surface area contributed by atoms with Crippen LogP contribution in [0.15, 0.2) is 78.9 Å². The number of halogens is 1. The van der Waals surface area contributed by atoms with Crippen molar-refractivity contribution in [2.24, 2.45) is 0 Å². The van der Waals surface area contributed by atoms with E-state index in [4.69, 9.17) is 26.1 Å². The summed E-state index contributed by atoms with van der Waals surface area (Å²) >= 11 is 6.16. The number of benzene rings is 3. The fraction of sp³-hybridized carbons (Fsp3) is 0.265. The van der Waals surface area contributed by atoms with E-state index in [1.54, 1.807) is 6.07 Å². The number of nitrogens with zero attached hydrogens (tertiary/aromatic N) is 2. The van der Waals surface area contributed by atoms with E-state index in [0.29, 0.717) is 43.2 Å². The second-order valence-electron chi connectivity index (χ2n) is 10.3. The number of rotatable bonds is 10. The number of esters is 1. The Morgan fingerprint density at radius 3 is 2.67 bits per heavy atom. The number of hydrogen-bond donors (Lipinski definition) is 1. The predicted molar refractivity (Wildman–Crippen MR) is 166 cm³/mol. The van der Waals surface area contributed by atoms with Crippen molar-refractivity contribution in [2.45, 2.75) is 18.9 Å². The number of morpholine rings is 1. The molecule has 1 amide bonds. The van der Waals surface area contributed by atoms with Crippen molar-refractivity contribution in [2.75, 3.05) is 40.0 Å². The Bertz CT molecular complexity index is 1580. The summed E-state index contributed by atoms with van der Waals surface area (Å²) in [6, 6.07) is 25.0. The standard InChI is InChI=1S/C34H34ClN3O4/c1-41-34(40)30-8-3-2-6-25(30)12-16-31(37-33(39)23-38-17-19-42-20-18-38)27-7-4-5-24(21-27)9-14-29-15-11-26-10-13-28(35)22-32(26)36-29/h2-11,13-15,21-22,31H,12,16-20,23H2,1H3,(H,37,39). The second kappa shape index (κ2) is 14.2. The lowest BCUT2D eigenvalue weighted by Crippen LogP contribution is -2.44. The molecule has 1 aliphatic rings. The molecular formula is C34H34ClN3O4. The summed E-state index contributed by atoms with van der Waals surface area (Å²) in [6.07, 6.45) is 5.19. The fourth-order valence-corrected chi connectivity index (χ4v) is 5.30. The number of pyridine rings is 1. The van der Waals surface area contributed by atoms with Crippen LogP contribution in [0.2, 0.25) is 5.02 Å². The number of aryl methyl sites for hydroxylation is 1. The molecule has 1 atom stereocenters. The summed E-state index contributed by atoms with van der Waals surface area (Å²) in [5.74, 6) is -0.404. The predicted octanol–water partition coefficient (Wildman–Crippen LogP) is 5.97. The normalized spacial score (nSPS) is 14.6. The number of ether oxygens (including phenoxy) is 2. The summed E-state index contributed by atoms with van der Waals surface area (Å²) in [7, 11) is 1.38. The molecule has 8 heteroatoms. The average molecular weight is 584 g/mol. The second-order valence-corrected chi connectivity index (χ2v) is 10.7. The van der Waals surface area contributed by atoms with Gasteiger partial charge in [0.25, 0.3) is 0 Å². The Kier molecular flexibility index (Phi) is 9.98. The molecule has 1 saturated heterocycles. The van der Waals surface area contributed by atoms with Gasteiger partial charge in [-0.3, -0.25) is 9.69 Å². The first kappa shape index (κ1) is 29.5. The SMILES string of the molecule is COC(=O)c1ccccc1CCC(NC(=O)CN1CCOCC1)c1cccc(C=Cc2ccc3ccc(Cl)cc3n2)c1. The number of fused-ring (bicyclic) bond motifs is 1. The number of hydrogen-bond acceptors (Lipinski definition) is 6. The fourth-order valence-electron chi connectivity index (χ4n) is 5.13. The zero-order chi connectivity index (χ0) is 29.3. The first-order valence-electron chi connectivity index (χ1n) is 14.1. The Morgan fingerprint density at radius 1 is 1.02 bits per heavy atom. The number of amides is 1. The maximum Gasteiger partial charge on any atom is 0.338 e. The van der Waals surface area contributed by atoms with Gasteiger partial charge in [-0.15, -0.1) is 0 Å². The van der Waals surface area contributed by atoms with E-state index in [1.807, 2.05) is 78.9 Å². The maximum absolute atomic E-state index is 13.2. The van der Waals surface area contributed by atoms with E-state index in [1.165, 1.54) is 7.11 Å². The van der Waals surface area contributed by atoms with Crippen LogP contribution in [0, 0.1) is 0 Å². The lowest BCUT2D eigenvalue weighted by molar-refractivity contribution is -0.124. The highest BCUT2D eigenvalue weighted by molar-refractivity contribution is 6.31. The van der Waals surface area contributed by atoms with Crippen molar-refractivity contribution in [3.8, 4) is 0 Å². The molecular weight excluding hydrogens is 550 g/mol. The minimum atomic E-state index is -0.366. The monoisotopic (exact) mass is 583 g/mol. The zero-order valence-corrected chi connectivity index (χ0v) is 24.3. The van der Waals surface area contributed by atoms with Crippen LogP contribution in [-0.4, -0.2) is 61.7 Å². The Morgan fingerprint density at radius 2 is 1.83 bits per heavy atom. The van der Waals surface area contributed by atoms with Crippen molar-refractivity contribution in [1.29, 1.82) is 0 Å². The van der Waals surface area contributed by atoms with E-state index in [-0.39, 0.29) is 17.9 Å². The van der Waals surface area contributed by atoms with Gasteiger partial charge in [0, 0.05) is 23.5 Å². The van der Waals surface area contributed by atoms with E-state index < -0.39 is 0 Å². The van der Waals surface area contributed by atoms with E-state index in [2.05, 4.69) is 16.3 Å². The molecule has 0 bridgehead atoms. The zero-order valence-electron chi connectivity index (χ0n) is 23.6. The van der Waals surface area contributed by atoms with Crippen LogP contribution in [-0.2, 0) is 20.7 Å². The molecule has 1 unspecified atom stereocenters. The van der Waals surface area contributed by atoms with Gasteiger partial charge in [-0.2, -0.15) is 0 Å².